The third-order valence-corrected chi connectivity index (χ3v) is 6.93. The second-order valence-corrected chi connectivity index (χ2v) is 9.26. The average Bonchev–Trinajstić information content (AvgIpc) is 3.48. The van der Waals surface area contributed by atoms with Crippen molar-refractivity contribution >= 4 is 29.4 Å². The standard InChI is InChI=1S/C28H22N2O6S/c1-3-35-27(34)23-16(2)29-28-30(24(23)17-9-5-4-6-10-17)25(31)22(37-28)15-18-13-14-21(36-18)19-11-7-8-12-20(19)26(32)33/h4-15,24H,3H2,1-2H3,(H,32,33)/p-1/b22-15+/t24-/m0/s1. The van der Waals surface area contributed by atoms with E-state index in [0.29, 0.717) is 37.7 Å². The minimum atomic E-state index is -1.31. The van der Waals surface area contributed by atoms with Gasteiger partial charge in [-0.3, -0.25) is 9.36 Å². The van der Waals surface area contributed by atoms with Crippen LogP contribution < -0.4 is 20.0 Å². The van der Waals surface area contributed by atoms with Crippen LogP contribution in [0.1, 0.15) is 41.6 Å². The smallest absolute Gasteiger partial charge is 0.338 e. The fourth-order valence-electron chi connectivity index (χ4n) is 4.32. The van der Waals surface area contributed by atoms with Crippen LogP contribution in [-0.2, 0) is 9.53 Å². The molecule has 5 rings (SSSR count). The first kappa shape index (κ1) is 24.2. The van der Waals surface area contributed by atoms with Crippen molar-refractivity contribution in [3.05, 3.63) is 115 Å². The van der Waals surface area contributed by atoms with Gasteiger partial charge in [0.05, 0.1) is 34.4 Å². The summed E-state index contributed by atoms with van der Waals surface area (Å²) in [6, 6.07) is 18.2. The van der Waals surface area contributed by atoms with Crippen molar-refractivity contribution in [3.63, 3.8) is 0 Å². The molecule has 4 aromatic rings. The molecule has 0 saturated heterocycles. The van der Waals surface area contributed by atoms with Crippen LogP contribution in [0.15, 0.2) is 92.2 Å². The predicted molar refractivity (Wildman–Crippen MR) is 135 cm³/mol. The van der Waals surface area contributed by atoms with Gasteiger partial charge in [0.1, 0.15) is 11.5 Å². The Morgan fingerprint density at radius 2 is 1.84 bits per heavy atom. The van der Waals surface area contributed by atoms with Gasteiger partial charge in [-0.2, -0.15) is 0 Å². The highest BCUT2D eigenvalue weighted by molar-refractivity contribution is 7.07. The third kappa shape index (κ3) is 4.45. The highest BCUT2D eigenvalue weighted by Crippen LogP contribution is 2.30. The van der Waals surface area contributed by atoms with Gasteiger partial charge in [-0.25, -0.2) is 9.79 Å². The number of allylic oxidation sites excluding steroid dienone is 1. The fourth-order valence-corrected chi connectivity index (χ4v) is 5.35. The first-order valence-corrected chi connectivity index (χ1v) is 12.4. The molecule has 0 radical (unpaired) electrons. The molecule has 37 heavy (non-hydrogen) atoms. The summed E-state index contributed by atoms with van der Waals surface area (Å²) in [6.45, 7) is 3.65. The summed E-state index contributed by atoms with van der Waals surface area (Å²) in [4.78, 5) is 43.0. The summed E-state index contributed by atoms with van der Waals surface area (Å²) in [6.07, 6.45) is 1.58. The monoisotopic (exact) mass is 513 g/mol. The highest BCUT2D eigenvalue weighted by atomic mass is 32.1. The molecule has 1 atom stereocenters. The Morgan fingerprint density at radius 1 is 1.11 bits per heavy atom. The van der Waals surface area contributed by atoms with Crippen molar-refractivity contribution in [2.75, 3.05) is 6.61 Å². The molecule has 2 aromatic heterocycles. The van der Waals surface area contributed by atoms with E-state index < -0.39 is 18.0 Å². The van der Waals surface area contributed by atoms with E-state index in [0.717, 1.165) is 5.56 Å². The van der Waals surface area contributed by atoms with Gasteiger partial charge in [0.15, 0.2) is 4.80 Å². The van der Waals surface area contributed by atoms with Gasteiger partial charge >= 0.3 is 5.97 Å². The minimum Gasteiger partial charge on any atom is -0.545 e. The number of furan rings is 1. The maximum absolute atomic E-state index is 13.6. The lowest BCUT2D eigenvalue weighted by Crippen LogP contribution is -2.39. The SMILES string of the molecule is CCOC(=O)C1=C(C)N=c2s/c(=C/c3ccc(-c4ccccc4C(=O)[O-])o3)c(=O)n2[C@H]1c1ccccc1. The quantitative estimate of drug-likeness (QED) is 0.366. The topological polar surface area (TPSA) is 114 Å². The lowest BCUT2D eigenvalue weighted by Gasteiger charge is -2.24. The number of carbonyl (C=O) groups is 2. The lowest BCUT2D eigenvalue weighted by atomic mass is 9.96. The molecule has 186 valence electrons. The molecule has 8 nitrogen and oxygen atoms in total. The maximum atomic E-state index is 13.6. The van der Waals surface area contributed by atoms with Crippen molar-refractivity contribution in [2.45, 2.75) is 19.9 Å². The number of thiazole rings is 1. The second kappa shape index (κ2) is 9.87. The van der Waals surface area contributed by atoms with Crippen molar-refractivity contribution in [1.29, 1.82) is 0 Å². The maximum Gasteiger partial charge on any atom is 0.338 e. The molecule has 0 unspecified atom stereocenters. The number of esters is 1. The Morgan fingerprint density at radius 3 is 2.57 bits per heavy atom. The average molecular weight is 514 g/mol. The molecule has 2 aromatic carbocycles. The number of aromatic nitrogens is 1. The van der Waals surface area contributed by atoms with Crippen molar-refractivity contribution < 1.29 is 23.8 Å². The van der Waals surface area contributed by atoms with Crippen molar-refractivity contribution in [3.8, 4) is 11.3 Å². The molecular formula is C28H21N2O6S-. The Kier molecular flexibility index (Phi) is 6.45. The first-order chi connectivity index (χ1) is 17.9. The van der Waals surface area contributed by atoms with E-state index in [1.54, 1.807) is 50.3 Å². The number of ether oxygens (including phenoxy) is 1. The summed E-state index contributed by atoms with van der Waals surface area (Å²) >= 11 is 1.18. The molecule has 1 aliphatic heterocycles. The predicted octanol–water partition coefficient (Wildman–Crippen LogP) is 2.42. The van der Waals surface area contributed by atoms with Gasteiger partial charge in [0, 0.05) is 17.2 Å². The van der Waals surface area contributed by atoms with E-state index >= 15 is 0 Å². The molecule has 1 aliphatic rings. The Bertz CT molecular complexity index is 1730. The van der Waals surface area contributed by atoms with E-state index in [2.05, 4.69) is 4.99 Å². The number of carboxylic acid groups (broad SMARTS) is 1. The molecule has 0 amide bonds. The number of hydrogen-bond donors (Lipinski definition) is 0. The van der Waals surface area contributed by atoms with E-state index in [-0.39, 0.29) is 17.7 Å². The fraction of sp³-hybridized carbons (Fsp3) is 0.143. The lowest BCUT2D eigenvalue weighted by molar-refractivity contribution is -0.255. The van der Waals surface area contributed by atoms with Gasteiger partial charge in [-0.15, -0.1) is 0 Å². The molecular weight excluding hydrogens is 492 g/mol. The van der Waals surface area contributed by atoms with E-state index in [4.69, 9.17) is 9.15 Å². The molecule has 3 heterocycles. The number of aromatic carboxylic acids is 1. The molecule has 0 aliphatic carbocycles. The van der Waals surface area contributed by atoms with Crippen molar-refractivity contribution in [1.82, 2.24) is 4.57 Å². The molecule has 0 saturated carbocycles. The second-order valence-electron chi connectivity index (χ2n) is 8.25. The normalized spacial score (nSPS) is 15.3. The van der Waals surface area contributed by atoms with E-state index in [9.17, 15) is 19.5 Å². The van der Waals surface area contributed by atoms with Crippen LogP contribution in [0.2, 0.25) is 0 Å². The summed E-state index contributed by atoms with van der Waals surface area (Å²) < 4.78 is 13.0. The van der Waals surface area contributed by atoms with Gasteiger partial charge in [0.2, 0.25) is 0 Å². The Balaban J connectivity index is 1.63. The zero-order valence-electron chi connectivity index (χ0n) is 20.0. The number of hydrogen-bond acceptors (Lipinski definition) is 8. The highest BCUT2D eigenvalue weighted by Gasteiger charge is 2.33. The van der Waals surface area contributed by atoms with Crippen molar-refractivity contribution in [2.24, 2.45) is 4.99 Å². The van der Waals surface area contributed by atoms with Crippen LogP contribution in [0.25, 0.3) is 17.4 Å². The van der Waals surface area contributed by atoms with E-state index in [1.165, 1.54) is 22.0 Å². The van der Waals surface area contributed by atoms with Crippen LogP contribution >= 0.6 is 11.3 Å². The van der Waals surface area contributed by atoms with Crippen LogP contribution in [0.3, 0.4) is 0 Å². The van der Waals surface area contributed by atoms with Gasteiger partial charge in [0.25, 0.3) is 5.56 Å². The van der Waals surface area contributed by atoms with E-state index in [1.807, 2.05) is 30.3 Å². The third-order valence-electron chi connectivity index (χ3n) is 5.94. The summed E-state index contributed by atoms with van der Waals surface area (Å²) in [5, 5.41) is 11.5. The first-order valence-electron chi connectivity index (χ1n) is 11.5. The molecule has 0 bridgehead atoms. The minimum absolute atomic E-state index is 0.00704. The zero-order valence-corrected chi connectivity index (χ0v) is 20.8. The number of nitrogens with zero attached hydrogens (tertiary/aromatic N) is 2. The van der Waals surface area contributed by atoms with Gasteiger partial charge in [-0.05, 0) is 31.5 Å². The van der Waals surface area contributed by atoms with Gasteiger partial charge in [-0.1, -0.05) is 65.9 Å². The van der Waals surface area contributed by atoms with Crippen LogP contribution in [0, 0.1) is 0 Å². The Labute approximate surface area is 215 Å². The zero-order chi connectivity index (χ0) is 26.1. The van der Waals surface area contributed by atoms with Crippen LogP contribution in [0.4, 0.5) is 0 Å². The number of benzene rings is 2. The number of fused-ring (bicyclic) bond motifs is 1. The number of carboxylic acids is 1. The number of carbonyl (C=O) groups excluding carboxylic acids is 2. The van der Waals surface area contributed by atoms with Crippen LogP contribution in [0.5, 0.6) is 0 Å². The summed E-state index contributed by atoms with van der Waals surface area (Å²) in [5.74, 6) is -1.13. The van der Waals surface area contributed by atoms with Gasteiger partial charge < -0.3 is 19.1 Å². The molecule has 0 fully saturated rings. The molecule has 0 spiro atoms. The Hall–Kier alpha value is -4.50. The summed E-state index contributed by atoms with van der Waals surface area (Å²) in [5.41, 5.74) is 1.60. The molecule has 9 heteroatoms. The largest absolute Gasteiger partial charge is 0.545 e. The molecule has 0 N–H and O–H groups in total. The number of rotatable bonds is 6. The van der Waals surface area contributed by atoms with Crippen LogP contribution in [-0.4, -0.2) is 23.1 Å². The summed E-state index contributed by atoms with van der Waals surface area (Å²) in [7, 11) is 0.